The Morgan fingerprint density at radius 2 is 2.42 bits per heavy atom. The molecule has 0 fully saturated rings. The van der Waals surface area contributed by atoms with Crippen LogP contribution in [0.1, 0.15) is 5.69 Å². The lowest BCUT2D eigenvalue weighted by molar-refractivity contribution is 0.413. The van der Waals surface area contributed by atoms with Crippen LogP contribution in [0.2, 0.25) is 0 Å². The van der Waals surface area contributed by atoms with Gasteiger partial charge in [-0.2, -0.15) is 5.26 Å². The topological polar surface area (TPSA) is 45.9 Å². The molecule has 1 atom stereocenters. The van der Waals surface area contributed by atoms with Gasteiger partial charge in [0, 0.05) is 5.30 Å². The van der Waals surface area contributed by atoms with E-state index in [1.807, 2.05) is 18.8 Å². The van der Waals surface area contributed by atoms with Crippen molar-refractivity contribution in [3.8, 4) is 11.8 Å². The molecule has 4 heteroatoms. The highest BCUT2D eigenvalue weighted by atomic mass is 31.1. The first kappa shape index (κ1) is 8.96. The summed E-state index contributed by atoms with van der Waals surface area (Å²) in [6.07, 6.45) is 1.56. The van der Waals surface area contributed by atoms with Crippen LogP contribution in [0.25, 0.3) is 0 Å². The maximum atomic E-state index is 8.66. The van der Waals surface area contributed by atoms with Crippen LogP contribution < -0.4 is 10.0 Å². The summed E-state index contributed by atoms with van der Waals surface area (Å²) in [6, 6.07) is 3.89. The predicted molar refractivity (Wildman–Crippen MR) is 49.4 cm³/mol. The number of aromatic nitrogens is 1. The summed E-state index contributed by atoms with van der Waals surface area (Å²) in [4.78, 5) is 3.96. The Morgan fingerprint density at radius 1 is 1.67 bits per heavy atom. The van der Waals surface area contributed by atoms with Crippen molar-refractivity contribution in [3.63, 3.8) is 0 Å². The third-order valence-corrected chi connectivity index (χ3v) is 2.39. The van der Waals surface area contributed by atoms with E-state index in [-0.39, 0.29) is 0 Å². The summed E-state index contributed by atoms with van der Waals surface area (Å²) in [5.74, 6) is 0.707. The molecule has 0 bridgehead atoms. The summed E-state index contributed by atoms with van der Waals surface area (Å²) in [5, 5.41) is 9.62. The molecule has 0 amide bonds. The van der Waals surface area contributed by atoms with Gasteiger partial charge in [-0.3, -0.25) is 0 Å². The van der Waals surface area contributed by atoms with Gasteiger partial charge in [-0.15, -0.1) is 0 Å². The molecule has 0 aliphatic carbocycles. The minimum absolute atomic E-state index is 0.497. The van der Waals surface area contributed by atoms with E-state index < -0.39 is 0 Å². The molecule has 0 saturated heterocycles. The van der Waals surface area contributed by atoms with E-state index >= 15 is 0 Å². The van der Waals surface area contributed by atoms with Gasteiger partial charge in [0.25, 0.3) is 0 Å². The Labute approximate surface area is 73.2 Å². The second-order valence-electron chi connectivity index (χ2n) is 2.13. The average molecular weight is 180 g/mol. The molecule has 0 radical (unpaired) electrons. The van der Waals surface area contributed by atoms with E-state index in [1.54, 1.807) is 13.3 Å². The summed E-state index contributed by atoms with van der Waals surface area (Å²) >= 11 is 0. The van der Waals surface area contributed by atoms with Gasteiger partial charge in [0.15, 0.2) is 0 Å². The van der Waals surface area contributed by atoms with E-state index in [9.17, 15) is 0 Å². The van der Waals surface area contributed by atoms with Crippen LogP contribution in [0.3, 0.4) is 0 Å². The molecule has 1 heterocycles. The number of ether oxygens (including phenoxy) is 1. The molecule has 0 N–H and O–H groups in total. The molecule has 0 aliphatic heterocycles. The third-order valence-electron chi connectivity index (χ3n) is 1.47. The first-order valence-electron chi connectivity index (χ1n) is 3.43. The summed E-state index contributed by atoms with van der Waals surface area (Å²) in [7, 11) is 2.16. The molecule has 1 unspecified atom stereocenters. The molecule has 62 valence electrons. The zero-order chi connectivity index (χ0) is 8.97. The number of methoxy groups -OCH3 is 1. The number of nitriles is 1. The van der Waals surface area contributed by atoms with E-state index in [1.165, 1.54) is 0 Å². The second kappa shape index (κ2) is 4.04. The maximum absolute atomic E-state index is 8.66. The number of hydrogen-bond donors (Lipinski definition) is 0. The van der Waals surface area contributed by atoms with Gasteiger partial charge in [-0.25, -0.2) is 4.98 Å². The monoisotopic (exact) mass is 180 g/mol. The fourth-order valence-electron chi connectivity index (χ4n) is 0.837. The Balaban J connectivity index is 3.13. The van der Waals surface area contributed by atoms with Crippen LogP contribution in [0.15, 0.2) is 12.3 Å². The lowest BCUT2D eigenvalue weighted by Crippen LogP contribution is -2.04. The SMILES string of the molecule is COc1cnc(C#N)c(PC)c1. The third kappa shape index (κ3) is 1.72. The van der Waals surface area contributed by atoms with Gasteiger partial charge in [0.2, 0.25) is 0 Å². The van der Waals surface area contributed by atoms with Crippen molar-refractivity contribution in [2.45, 2.75) is 0 Å². The highest BCUT2D eigenvalue weighted by molar-refractivity contribution is 7.46. The predicted octanol–water partition coefficient (Wildman–Crippen LogP) is 0.895. The van der Waals surface area contributed by atoms with Crippen molar-refractivity contribution in [3.05, 3.63) is 18.0 Å². The molecule has 12 heavy (non-hydrogen) atoms. The summed E-state index contributed by atoms with van der Waals surface area (Å²) in [6.45, 7) is 2.01. The van der Waals surface area contributed by atoms with Crippen LogP contribution in [0, 0.1) is 11.3 Å². The fourth-order valence-corrected chi connectivity index (χ4v) is 1.48. The molecule has 0 saturated carbocycles. The van der Waals surface area contributed by atoms with Crippen molar-refractivity contribution >= 4 is 13.9 Å². The number of nitrogens with zero attached hydrogens (tertiary/aromatic N) is 2. The van der Waals surface area contributed by atoms with Crippen LogP contribution in [-0.4, -0.2) is 18.8 Å². The van der Waals surface area contributed by atoms with Gasteiger partial charge in [-0.05, 0) is 12.7 Å². The largest absolute Gasteiger partial charge is 0.495 e. The van der Waals surface area contributed by atoms with Crippen LogP contribution in [0.4, 0.5) is 0 Å². The Hall–Kier alpha value is -1.13. The van der Waals surface area contributed by atoms with Gasteiger partial charge in [-0.1, -0.05) is 8.58 Å². The normalized spacial score (nSPS) is 10.1. The second-order valence-corrected chi connectivity index (χ2v) is 3.17. The quantitative estimate of drug-likeness (QED) is 0.635. The van der Waals surface area contributed by atoms with Crippen molar-refractivity contribution < 1.29 is 4.74 Å². The number of rotatable bonds is 2. The highest BCUT2D eigenvalue weighted by Gasteiger charge is 2.02. The molecule has 3 nitrogen and oxygen atoms in total. The standard InChI is InChI=1S/C8H9N2OP/c1-11-6-3-8(12-2)7(4-9)10-5-6/h3,5,12H,1-2H3. The minimum Gasteiger partial charge on any atom is -0.495 e. The summed E-state index contributed by atoms with van der Waals surface area (Å²) < 4.78 is 4.99. The Bertz CT molecular complexity index is 319. The molecule has 0 aromatic carbocycles. The highest BCUT2D eigenvalue weighted by Crippen LogP contribution is 2.13. The lowest BCUT2D eigenvalue weighted by Gasteiger charge is -2.02. The summed E-state index contributed by atoms with van der Waals surface area (Å²) in [5.41, 5.74) is 0.497. The van der Waals surface area contributed by atoms with Crippen molar-refractivity contribution in [1.82, 2.24) is 4.98 Å². The Kier molecular flexibility index (Phi) is 3.01. The van der Waals surface area contributed by atoms with E-state index in [4.69, 9.17) is 10.00 Å². The van der Waals surface area contributed by atoms with Gasteiger partial charge >= 0.3 is 0 Å². The van der Waals surface area contributed by atoms with Crippen LogP contribution >= 0.6 is 8.58 Å². The first-order valence-corrected chi connectivity index (χ1v) is 4.93. The van der Waals surface area contributed by atoms with Crippen molar-refractivity contribution in [1.29, 1.82) is 5.26 Å². The fraction of sp³-hybridized carbons (Fsp3) is 0.250. The van der Waals surface area contributed by atoms with Crippen LogP contribution in [0.5, 0.6) is 5.75 Å². The molecule has 1 rings (SSSR count). The van der Waals surface area contributed by atoms with Gasteiger partial charge in [0.05, 0.1) is 13.3 Å². The van der Waals surface area contributed by atoms with Crippen molar-refractivity contribution in [2.24, 2.45) is 0 Å². The number of hydrogen-bond acceptors (Lipinski definition) is 3. The Morgan fingerprint density at radius 3 is 2.92 bits per heavy atom. The maximum Gasteiger partial charge on any atom is 0.148 e. The molecule has 1 aromatic rings. The van der Waals surface area contributed by atoms with E-state index in [2.05, 4.69) is 4.98 Å². The van der Waals surface area contributed by atoms with E-state index in [0.29, 0.717) is 20.0 Å². The number of pyridine rings is 1. The molecule has 1 aromatic heterocycles. The van der Waals surface area contributed by atoms with Gasteiger partial charge < -0.3 is 4.74 Å². The molecular weight excluding hydrogens is 171 g/mol. The zero-order valence-corrected chi connectivity index (χ0v) is 7.96. The van der Waals surface area contributed by atoms with Crippen molar-refractivity contribution in [2.75, 3.05) is 13.8 Å². The average Bonchev–Trinajstić information content (AvgIpc) is 2.16. The smallest absolute Gasteiger partial charge is 0.148 e. The molecule has 0 aliphatic rings. The minimum atomic E-state index is 0.497. The molecular formula is C8H9N2OP. The van der Waals surface area contributed by atoms with Gasteiger partial charge in [0.1, 0.15) is 17.5 Å². The molecule has 0 spiro atoms. The first-order chi connectivity index (χ1) is 5.81. The van der Waals surface area contributed by atoms with Crippen LogP contribution in [-0.2, 0) is 0 Å². The zero-order valence-electron chi connectivity index (χ0n) is 6.96. The van der Waals surface area contributed by atoms with E-state index in [0.717, 1.165) is 5.30 Å². The lowest BCUT2D eigenvalue weighted by atomic mass is 10.3.